The lowest BCUT2D eigenvalue weighted by atomic mass is 9.92. The van der Waals surface area contributed by atoms with Crippen LogP contribution in [0.3, 0.4) is 0 Å². The first kappa shape index (κ1) is 29.2. The van der Waals surface area contributed by atoms with Gasteiger partial charge in [0.15, 0.2) is 5.43 Å². The summed E-state index contributed by atoms with van der Waals surface area (Å²) in [6, 6.07) is 8.79. The number of phenols is 1. The molecule has 0 radical (unpaired) electrons. The molecule has 2 aliphatic rings. The van der Waals surface area contributed by atoms with E-state index in [1.54, 1.807) is 19.1 Å². The van der Waals surface area contributed by atoms with Gasteiger partial charge in [0, 0.05) is 24.1 Å². The van der Waals surface area contributed by atoms with Gasteiger partial charge in [-0.1, -0.05) is 0 Å². The molecule has 0 unspecified atom stereocenters. The third kappa shape index (κ3) is 5.38. The van der Waals surface area contributed by atoms with E-state index in [9.17, 15) is 40.5 Å². The average Bonchev–Trinajstić information content (AvgIpc) is 2.95. The van der Waals surface area contributed by atoms with Crippen LogP contribution in [0.15, 0.2) is 45.6 Å². The van der Waals surface area contributed by atoms with Crippen molar-refractivity contribution in [2.24, 2.45) is 0 Å². The maximum atomic E-state index is 13.2. The van der Waals surface area contributed by atoms with Crippen LogP contribution in [-0.2, 0) is 9.47 Å². The van der Waals surface area contributed by atoms with Gasteiger partial charge in [-0.3, -0.25) is 4.79 Å². The molecule has 1 aromatic heterocycles. The first-order chi connectivity index (χ1) is 19.5. The van der Waals surface area contributed by atoms with Crippen LogP contribution in [0.4, 0.5) is 0 Å². The molecule has 222 valence electrons. The highest BCUT2D eigenvalue weighted by molar-refractivity contribution is 5.88. The van der Waals surface area contributed by atoms with Crippen molar-refractivity contribution in [3.63, 3.8) is 0 Å². The largest absolute Gasteiger partial charge is 0.506 e. The normalized spacial score (nSPS) is 32.1. The van der Waals surface area contributed by atoms with E-state index in [1.807, 2.05) is 0 Å². The zero-order valence-electron chi connectivity index (χ0n) is 22.2. The van der Waals surface area contributed by atoms with Crippen molar-refractivity contribution in [2.45, 2.75) is 68.5 Å². The molecule has 0 aliphatic carbocycles. The van der Waals surface area contributed by atoms with E-state index in [0.717, 1.165) is 0 Å². The molecule has 3 heterocycles. The van der Waals surface area contributed by atoms with Crippen LogP contribution < -0.4 is 14.9 Å². The molecule has 13 nitrogen and oxygen atoms in total. The van der Waals surface area contributed by atoms with Crippen LogP contribution in [0.1, 0.15) is 25.0 Å². The minimum Gasteiger partial charge on any atom is -0.506 e. The molecule has 0 amide bonds. The summed E-state index contributed by atoms with van der Waals surface area (Å²) in [5.41, 5.74) is 0.118. The van der Waals surface area contributed by atoms with E-state index in [-0.39, 0.29) is 40.2 Å². The number of aliphatic hydroxyl groups excluding tert-OH is 6. The van der Waals surface area contributed by atoms with Gasteiger partial charge in [0.2, 0.25) is 6.29 Å². The molecule has 2 aromatic carbocycles. The monoisotopic (exact) mass is 576 g/mol. The average molecular weight is 577 g/mol. The topological polar surface area (TPSA) is 209 Å². The highest BCUT2D eigenvalue weighted by atomic mass is 16.7. The number of aliphatic hydroxyl groups is 6. The Balaban J connectivity index is 1.43. The second kappa shape index (κ2) is 11.5. The fraction of sp³-hybridized carbons (Fsp3) is 0.464. The first-order valence-corrected chi connectivity index (χ1v) is 13.0. The molecular weight excluding hydrogens is 544 g/mol. The minimum atomic E-state index is -1.59. The second-order valence-electron chi connectivity index (χ2n) is 10.2. The zero-order valence-corrected chi connectivity index (χ0v) is 22.2. The Morgan fingerprint density at radius 3 is 2.29 bits per heavy atom. The smallest absolute Gasteiger partial charge is 0.229 e. The standard InChI is InChI=1S/C28H32O13/c1-11-23(32)15(31)8-18(38-11)22-17(37-2)9-19-21(25(22)34)14(30)7-16(40-19)12-3-5-13(6-4-12)39-28-27(36)26(35)24(33)20(10-29)41-28/h3-7,9,11,15,18,20,23-24,26-29,31-36H,8,10H2,1-2H3/t11-,15-,18-,20+,23+,24+,26-,27+,28+/m1/s1. The second-order valence-corrected chi connectivity index (χ2v) is 10.2. The fourth-order valence-corrected chi connectivity index (χ4v) is 5.17. The third-order valence-corrected chi connectivity index (χ3v) is 7.49. The summed E-state index contributed by atoms with van der Waals surface area (Å²) in [5, 5.41) is 70.7. The fourth-order valence-electron chi connectivity index (χ4n) is 5.17. The lowest BCUT2D eigenvalue weighted by molar-refractivity contribution is -0.277. The molecule has 2 aliphatic heterocycles. The highest BCUT2D eigenvalue weighted by Crippen LogP contribution is 2.45. The molecular formula is C28H32O13. The number of rotatable bonds is 6. The van der Waals surface area contributed by atoms with Crippen molar-refractivity contribution < 1.29 is 59.1 Å². The van der Waals surface area contributed by atoms with Gasteiger partial charge in [0.1, 0.15) is 64.5 Å². The molecule has 2 saturated heterocycles. The number of hydrogen-bond donors (Lipinski definition) is 7. The van der Waals surface area contributed by atoms with Gasteiger partial charge in [-0.15, -0.1) is 0 Å². The number of ether oxygens (including phenoxy) is 4. The van der Waals surface area contributed by atoms with E-state index in [0.29, 0.717) is 5.56 Å². The summed E-state index contributed by atoms with van der Waals surface area (Å²) in [7, 11) is 1.37. The van der Waals surface area contributed by atoms with Crippen molar-refractivity contribution in [2.75, 3.05) is 13.7 Å². The van der Waals surface area contributed by atoms with Crippen molar-refractivity contribution in [1.29, 1.82) is 0 Å². The van der Waals surface area contributed by atoms with E-state index in [2.05, 4.69) is 0 Å². The molecule has 41 heavy (non-hydrogen) atoms. The Labute approximate surface area is 233 Å². The molecule has 9 atom stereocenters. The molecule has 5 rings (SSSR count). The maximum absolute atomic E-state index is 13.2. The lowest BCUT2D eigenvalue weighted by Gasteiger charge is -2.39. The molecule has 0 spiro atoms. The minimum absolute atomic E-state index is 0.0259. The summed E-state index contributed by atoms with van der Waals surface area (Å²) >= 11 is 0. The molecule has 0 bridgehead atoms. The van der Waals surface area contributed by atoms with Gasteiger partial charge in [-0.2, -0.15) is 0 Å². The summed E-state index contributed by atoms with van der Waals surface area (Å²) in [6.45, 7) is 0.996. The summed E-state index contributed by atoms with van der Waals surface area (Å²) in [4.78, 5) is 13.2. The van der Waals surface area contributed by atoms with Gasteiger partial charge in [-0.05, 0) is 31.2 Å². The van der Waals surface area contributed by atoms with Gasteiger partial charge >= 0.3 is 0 Å². The predicted molar refractivity (Wildman–Crippen MR) is 140 cm³/mol. The first-order valence-electron chi connectivity index (χ1n) is 13.0. The zero-order chi connectivity index (χ0) is 29.6. The third-order valence-electron chi connectivity index (χ3n) is 7.49. The predicted octanol–water partition coefficient (Wildman–Crippen LogP) is -0.0754. The Morgan fingerprint density at radius 1 is 0.951 bits per heavy atom. The van der Waals surface area contributed by atoms with Gasteiger partial charge in [0.05, 0.1) is 37.6 Å². The van der Waals surface area contributed by atoms with Crippen LogP contribution in [0.25, 0.3) is 22.3 Å². The van der Waals surface area contributed by atoms with Crippen LogP contribution in [0, 0.1) is 0 Å². The van der Waals surface area contributed by atoms with E-state index in [1.165, 1.54) is 31.4 Å². The Bertz CT molecular complexity index is 1420. The van der Waals surface area contributed by atoms with Crippen LogP contribution >= 0.6 is 0 Å². The molecule has 3 aromatic rings. The van der Waals surface area contributed by atoms with E-state index >= 15 is 0 Å². The van der Waals surface area contributed by atoms with Crippen LogP contribution in [0.5, 0.6) is 17.2 Å². The quantitative estimate of drug-likeness (QED) is 0.205. The summed E-state index contributed by atoms with van der Waals surface area (Å²) < 4.78 is 28.2. The number of aromatic hydroxyl groups is 1. The number of phenolic OH excluding ortho intramolecular Hbond substituents is 1. The molecule has 2 fully saturated rings. The summed E-state index contributed by atoms with van der Waals surface area (Å²) in [5.74, 6) is 0.138. The lowest BCUT2D eigenvalue weighted by Crippen LogP contribution is -2.60. The Hall–Kier alpha value is -3.27. The summed E-state index contributed by atoms with van der Waals surface area (Å²) in [6.07, 6.45) is -11.0. The Kier molecular flexibility index (Phi) is 8.23. The SMILES string of the molecule is COc1cc2oc(-c3ccc(O[C@H]4O[C@@H](CO)[C@H](O)[C@@H](O)[C@@H]4O)cc3)cc(=O)c2c(O)c1[C@H]1C[C@@H](O)[C@@H](O)[C@@H](C)O1. The Morgan fingerprint density at radius 2 is 1.66 bits per heavy atom. The van der Waals surface area contributed by atoms with Crippen molar-refractivity contribution in [3.05, 3.63) is 52.2 Å². The molecule has 0 saturated carbocycles. The van der Waals surface area contributed by atoms with Crippen molar-refractivity contribution in [3.8, 4) is 28.6 Å². The van der Waals surface area contributed by atoms with Gasteiger partial charge in [-0.25, -0.2) is 0 Å². The maximum Gasteiger partial charge on any atom is 0.229 e. The van der Waals surface area contributed by atoms with E-state index < -0.39 is 72.9 Å². The number of methoxy groups -OCH3 is 1. The molecule has 13 heteroatoms. The van der Waals surface area contributed by atoms with E-state index in [4.69, 9.17) is 23.4 Å². The number of fused-ring (bicyclic) bond motifs is 1. The number of benzene rings is 2. The van der Waals surface area contributed by atoms with Gasteiger partial charge in [0.25, 0.3) is 0 Å². The van der Waals surface area contributed by atoms with Crippen LogP contribution in [-0.4, -0.2) is 98.5 Å². The number of hydrogen-bond acceptors (Lipinski definition) is 13. The van der Waals surface area contributed by atoms with Crippen LogP contribution in [0.2, 0.25) is 0 Å². The highest BCUT2D eigenvalue weighted by Gasteiger charge is 2.44. The van der Waals surface area contributed by atoms with Crippen molar-refractivity contribution >= 4 is 11.0 Å². The van der Waals surface area contributed by atoms with Gasteiger partial charge < -0.3 is 59.1 Å². The molecule has 7 N–H and O–H groups in total. The van der Waals surface area contributed by atoms with Crippen molar-refractivity contribution in [1.82, 2.24) is 0 Å².